The molecule has 2 rings (SSSR count). The van der Waals surface area contributed by atoms with Crippen LogP contribution < -0.4 is 4.72 Å². The van der Waals surface area contributed by atoms with E-state index in [0.29, 0.717) is 6.54 Å². The van der Waals surface area contributed by atoms with Crippen molar-refractivity contribution in [1.29, 1.82) is 0 Å². The summed E-state index contributed by atoms with van der Waals surface area (Å²) in [6, 6.07) is 3.65. The van der Waals surface area contributed by atoms with Crippen LogP contribution in [0.5, 0.6) is 0 Å². The van der Waals surface area contributed by atoms with Crippen LogP contribution in [0.25, 0.3) is 0 Å². The number of nitrogens with one attached hydrogen (secondary N) is 1. The number of carbonyl (C=O) groups is 1. The zero-order chi connectivity index (χ0) is 14.3. The first-order valence-electron chi connectivity index (χ1n) is 5.76. The van der Waals surface area contributed by atoms with Crippen LogP contribution in [0.3, 0.4) is 0 Å². The minimum Gasteiger partial charge on any atom is -0.478 e. The van der Waals surface area contributed by atoms with E-state index >= 15 is 0 Å². The lowest BCUT2D eigenvalue weighted by Crippen LogP contribution is -2.29. The molecular formula is C12H14ClNO4S. The molecule has 7 heteroatoms. The van der Waals surface area contributed by atoms with E-state index in [9.17, 15) is 13.2 Å². The fourth-order valence-electron chi connectivity index (χ4n) is 1.58. The zero-order valence-corrected chi connectivity index (χ0v) is 11.9. The fraction of sp³-hybridized carbons (Fsp3) is 0.417. The van der Waals surface area contributed by atoms with Crippen molar-refractivity contribution in [2.45, 2.75) is 24.7 Å². The molecule has 0 amide bonds. The predicted molar refractivity (Wildman–Crippen MR) is 70.9 cm³/mol. The van der Waals surface area contributed by atoms with Gasteiger partial charge in [-0.2, -0.15) is 0 Å². The van der Waals surface area contributed by atoms with Crippen LogP contribution in [-0.2, 0) is 10.0 Å². The number of aromatic carboxylic acids is 1. The Morgan fingerprint density at radius 3 is 2.63 bits per heavy atom. The molecule has 0 aliphatic heterocycles. The van der Waals surface area contributed by atoms with E-state index in [2.05, 4.69) is 4.72 Å². The van der Waals surface area contributed by atoms with Gasteiger partial charge in [-0.05, 0) is 36.5 Å². The first-order valence-corrected chi connectivity index (χ1v) is 7.62. The highest BCUT2D eigenvalue weighted by atomic mass is 35.5. The SMILES string of the molecule is CC1(CNS(=O)(=O)c2ccc(Cl)c(C(=O)O)c2)CC1. The topological polar surface area (TPSA) is 83.5 Å². The number of sulfonamides is 1. The van der Waals surface area contributed by atoms with Gasteiger partial charge in [-0.15, -0.1) is 0 Å². The van der Waals surface area contributed by atoms with E-state index in [1.54, 1.807) is 0 Å². The van der Waals surface area contributed by atoms with Crippen molar-refractivity contribution in [3.8, 4) is 0 Å². The van der Waals surface area contributed by atoms with Gasteiger partial charge < -0.3 is 5.11 Å². The normalized spacial score (nSPS) is 17.2. The van der Waals surface area contributed by atoms with Crippen LogP contribution in [0.4, 0.5) is 0 Å². The molecule has 0 saturated heterocycles. The Balaban J connectivity index is 2.24. The number of hydrogen-bond acceptors (Lipinski definition) is 3. The Morgan fingerprint density at radius 1 is 1.47 bits per heavy atom. The van der Waals surface area contributed by atoms with Gasteiger partial charge in [-0.3, -0.25) is 0 Å². The summed E-state index contributed by atoms with van der Waals surface area (Å²) in [6.45, 7) is 2.36. The van der Waals surface area contributed by atoms with E-state index in [0.717, 1.165) is 18.9 Å². The van der Waals surface area contributed by atoms with Gasteiger partial charge in [-0.1, -0.05) is 18.5 Å². The Bertz CT molecular complexity index is 623. The molecule has 1 aromatic rings. The van der Waals surface area contributed by atoms with E-state index in [1.807, 2.05) is 6.92 Å². The first-order chi connectivity index (χ1) is 8.73. The summed E-state index contributed by atoms with van der Waals surface area (Å²) in [6.07, 6.45) is 1.99. The molecule has 1 fully saturated rings. The van der Waals surface area contributed by atoms with Crippen molar-refractivity contribution in [2.24, 2.45) is 5.41 Å². The van der Waals surface area contributed by atoms with Crippen LogP contribution >= 0.6 is 11.6 Å². The van der Waals surface area contributed by atoms with E-state index in [4.69, 9.17) is 16.7 Å². The maximum atomic E-state index is 12.0. The van der Waals surface area contributed by atoms with Crippen molar-refractivity contribution in [3.63, 3.8) is 0 Å². The molecule has 1 saturated carbocycles. The molecule has 0 unspecified atom stereocenters. The molecule has 2 N–H and O–H groups in total. The van der Waals surface area contributed by atoms with Gasteiger partial charge in [0.05, 0.1) is 15.5 Å². The van der Waals surface area contributed by atoms with Crippen molar-refractivity contribution >= 4 is 27.6 Å². The molecule has 1 aliphatic carbocycles. The second kappa shape index (κ2) is 4.77. The van der Waals surface area contributed by atoms with Crippen molar-refractivity contribution in [2.75, 3.05) is 6.54 Å². The van der Waals surface area contributed by atoms with Crippen molar-refractivity contribution < 1.29 is 18.3 Å². The van der Waals surface area contributed by atoms with Crippen LogP contribution in [-0.4, -0.2) is 26.0 Å². The molecule has 0 spiro atoms. The van der Waals surface area contributed by atoms with Gasteiger partial charge in [0, 0.05) is 6.54 Å². The van der Waals surface area contributed by atoms with Gasteiger partial charge in [0.2, 0.25) is 10.0 Å². The Labute approximate surface area is 116 Å². The maximum absolute atomic E-state index is 12.0. The number of hydrogen-bond donors (Lipinski definition) is 2. The van der Waals surface area contributed by atoms with Crippen LogP contribution in [0.15, 0.2) is 23.1 Å². The minimum absolute atomic E-state index is 0.0144. The number of carboxylic acid groups (broad SMARTS) is 1. The molecule has 0 bridgehead atoms. The number of rotatable bonds is 5. The number of carboxylic acids is 1. The lowest BCUT2D eigenvalue weighted by Gasteiger charge is -2.11. The smallest absolute Gasteiger partial charge is 0.337 e. The van der Waals surface area contributed by atoms with Gasteiger partial charge in [0.1, 0.15) is 0 Å². The van der Waals surface area contributed by atoms with Gasteiger partial charge in [0.25, 0.3) is 0 Å². The summed E-state index contributed by atoms with van der Waals surface area (Å²) in [7, 11) is -3.70. The maximum Gasteiger partial charge on any atom is 0.337 e. The standard InChI is InChI=1S/C12H14ClNO4S/c1-12(4-5-12)7-14-19(17,18)8-2-3-10(13)9(6-8)11(15)16/h2-3,6,14H,4-5,7H2,1H3,(H,15,16). The predicted octanol–water partition coefficient (Wildman–Crippen LogP) is 2.12. The third kappa shape index (κ3) is 3.26. The van der Waals surface area contributed by atoms with Gasteiger partial charge >= 0.3 is 5.97 Å². The van der Waals surface area contributed by atoms with Crippen molar-refractivity contribution in [3.05, 3.63) is 28.8 Å². The second-order valence-electron chi connectivity index (χ2n) is 5.08. The average molecular weight is 304 g/mol. The average Bonchev–Trinajstić information content (AvgIpc) is 3.06. The number of halogens is 1. The monoisotopic (exact) mass is 303 g/mol. The van der Waals surface area contributed by atoms with E-state index in [-0.39, 0.29) is 20.9 Å². The number of benzene rings is 1. The molecule has 0 aromatic heterocycles. The zero-order valence-electron chi connectivity index (χ0n) is 10.3. The molecule has 0 radical (unpaired) electrons. The largest absolute Gasteiger partial charge is 0.478 e. The minimum atomic E-state index is -3.70. The summed E-state index contributed by atoms with van der Waals surface area (Å²) in [5, 5.41) is 8.94. The Hall–Kier alpha value is -1.11. The summed E-state index contributed by atoms with van der Waals surface area (Å²) in [5.74, 6) is -1.25. The lowest BCUT2D eigenvalue weighted by molar-refractivity contribution is 0.0697. The highest BCUT2D eigenvalue weighted by Gasteiger charge is 2.38. The third-order valence-electron chi connectivity index (χ3n) is 3.27. The molecule has 19 heavy (non-hydrogen) atoms. The third-order valence-corrected chi connectivity index (χ3v) is 5.00. The Morgan fingerprint density at radius 2 is 2.11 bits per heavy atom. The fourth-order valence-corrected chi connectivity index (χ4v) is 3.00. The highest BCUT2D eigenvalue weighted by Crippen LogP contribution is 2.44. The molecule has 0 heterocycles. The van der Waals surface area contributed by atoms with Crippen molar-refractivity contribution in [1.82, 2.24) is 4.72 Å². The first kappa shape index (κ1) is 14.3. The summed E-state index contributed by atoms with van der Waals surface area (Å²) >= 11 is 5.70. The summed E-state index contributed by atoms with van der Waals surface area (Å²) in [4.78, 5) is 10.8. The van der Waals surface area contributed by atoms with Crippen LogP contribution in [0.2, 0.25) is 5.02 Å². The summed E-state index contributed by atoms with van der Waals surface area (Å²) in [5.41, 5.74) is -0.183. The lowest BCUT2D eigenvalue weighted by atomic mass is 10.2. The van der Waals surface area contributed by atoms with Crippen LogP contribution in [0.1, 0.15) is 30.1 Å². The molecule has 5 nitrogen and oxygen atoms in total. The van der Waals surface area contributed by atoms with Gasteiger partial charge in [-0.25, -0.2) is 17.9 Å². The molecular weight excluding hydrogens is 290 g/mol. The van der Waals surface area contributed by atoms with E-state index in [1.165, 1.54) is 12.1 Å². The second-order valence-corrected chi connectivity index (χ2v) is 7.26. The molecule has 1 aliphatic rings. The molecule has 1 aromatic carbocycles. The molecule has 104 valence electrons. The van der Waals surface area contributed by atoms with Gasteiger partial charge in [0.15, 0.2) is 0 Å². The summed E-state index contributed by atoms with van der Waals surface area (Å²) < 4.78 is 26.6. The quantitative estimate of drug-likeness (QED) is 0.872. The Kier molecular flexibility index (Phi) is 3.59. The van der Waals surface area contributed by atoms with E-state index < -0.39 is 16.0 Å². The molecule has 0 atom stereocenters. The van der Waals surface area contributed by atoms with Crippen LogP contribution in [0, 0.1) is 5.41 Å². The highest BCUT2D eigenvalue weighted by molar-refractivity contribution is 7.89.